The van der Waals surface area contributed by atoms with E-state index in [1.54, 1.807) is 54.6 Å². The third kappa shape index (κ3) is 7.19. The molecule has 0 aliphatic carbocycles. The zero-order chi connectivity index (χ0) is 25.2. The number of nitro groups is 2. The van der Waals surface area contributed by atoms with E-state index in [0.29, 0.717) is 22.4 Å². The first kappa shape index (κ1) is 24.5. The van der Waals surface area contributed by atoms with Crippen molar-refractivity contribution in [1.29, 1.82) is 0 Å². The maximum Gasteiger partial charge on any atom is 0.276 e. The van der Waals surface area contributed by atoms with Gasteiger partial charge in [0.25, 0.3) is 11.4 Å². The SMILES string of the molecule is O=C(/C=C/c1ccccc1[N+](=O)[O-])NCc1cccc(NC(=O)/C=C/c2ccccc2[N+](=O)[O-])c1. The average Bonchev–Trinajstić information content (AvgIpc) is 2.85. The Hall–Kier alpha value is -5.12. The zero-order valence-electron chi connectivity index (χ0n) is 18.3. The smallest absolute Gasteiger partial charge is 0.276 e. The summed E-state index contributed by atoms with van der Waals surface area (Å²) in [5.74, 6) is -0.915. The van der Waals surface area contributed by atoms with Crippen molar-refractivity contribution >= 4 is 41.0 Å². The van der Waals surface area contributed by atoms with E-state index in [1.165, 1.54) is 42.5 Å². The van der Waals surface area contributed by atoms with Crippen LogP contribution in [-0.2, 0) is 16.1 Å². The van der Waals surface area contributed by atoms with Gasteiger partial charge in [-0.2, -0.15) is 0 Å². The first-order valence-electron chi connectivity index (χ1n) is 10.3. The topological polar surface area (TPSA) is 144 Å². The first-order chi connectivity index (χ1) is 16.8. The fraction of sp³-hybridized carbons (Fsp3) is 0.0400. The van der Waals surface area contributed by atoms with E-state index in [4.69, 9.17) is 0 Å². The minimum Gasteiger partial charge on any atom is -0.348 e. The number of anilines is 1. The molecule has 0 atom stereocenters. The molecule has 0 saturated carbocycles. The van der Waals surface area contributed by atoms with Crippen molar-refractivity contribution in [3.05, 3.63) is 122 Å². The second kappa shape index (κ2) is 11.7. The van der Waals surface area contributed by atoms with E-state index < -0.39 is 21.7 Å². The molecular formula is C25H20N4O6. The second-order valence-corrected chi connectivity index (χ2v) is 7.21. The molecule has 0 radical (unpaired) electrons. The lowest BCUT2D eigenvalue weighted by Gasteiger charge is -2.07. The highest BCUT2D eigenvalue weighted by Gasteiger charge is 2.11. The fourth-order valence-corrected chi connectivity index (χ4v) is 3.11. The summed E-state index contributed by atoms with van der Waals surface area (Å²) in [6.07, 6.45) is 5.14. The maximum absolute atomic E-state index is 12.2. The van der Waals surface area contributed by atoms with Crippen LogP contribution >= 0.6 is 0 Å². The van der Waals surface area contributed by atoms with Crippen LogP contribution in [-0.4, -0.2) is 21.7 Å². The molecule has 0 bridgehead atoms. The van der Waals surface area contributed by atoms with Crippen LogP contribution < -0.4 is 10.6 Å². The van der Waals surface area contributed by atoms with E-state index >= 15 is 0 Å². The highest BCUT2D eigenvalue weighted by atomic mass is 16.6. The molecular weight excluding hydrogens is 452 g/mol. The van der Waals surface area contributed by atoms with Crippen molar-refractivity contribution in [3.63, 3.8) is 0 Å². The number of nitrogens with zero attached hydrogens (tertiary/aromatic N) is 2. The first-order valence-corrected chi connectivity index (χ1v) is 10.3. The number of nitro benzene ring substituents is 2. The molecule has 10 heteroatoms. The Labute approximate surface area is 199 Å². The molecule has 0 heterocycles. The van der Waals surface area contributed by atoms with Crippen molar-refractivity contribution in [1.82, 2.24) is 5.32 Å². The molecule has 3 rings (SSSR count). The number of amides is 2. The maximum atomic E-state index is 12.2. The summed E-state index contributed by atoms with van der Waals surface area (Å²) in [4.78, 5) is 45.5. The molecule has 3 aromatic carbocycles. The van der Waals surface area contributed by atoms with Crippen LogP contribution in [0.15, 0.2) is 84.9 Å². The van der Waals surface area contributed by atoms with Gasteiger partial charge in [-0.15, -0.1) is 0 Å². The van der Waals surface area contributed by atoms with Gasteiger partial charge in [0.05, 0.1) is 21.0 Å². The summed E-state index contributed by atoms with van der Waals surface area (Å²) in [5, 5.41) is 27.5. The molecule has 0 saturated heterocycles. The largest absolute Gasteiger partial charge is 0.348 e. The Morgan fingerprint density at radius 3 is 1.86 bits per heavy atom. The number of hydrogen-bond donors (Lipinski definition) is 2. The highest BCUT2D eigenvalue weighted by Crippen LogP contribution is 2.20. The minimum atomic E-state index is -0.522. The van der Waals surface area contributed by atoms with Gasteiger partial charge in [-0.25, -0.2) is 0 Å². The second-order valence-electron chi connectivity index (χ2n) is 7.21. The summed E-state index contributed by atoms with van der Waals surface area (Å²) in [5.41, 5.74) is 1.59. The molecule has 0 aromatic heterocycles. The standard InChI is InChI=1S/C25H20N4O6/c30-24(14-12-19-7-1-3-10-22(19)28(32)33)26-17-18-6-5-9-21(16-18)27-25(31)15-13-20-8-2-4-11-23(20)29(34)35/h1-16H,17H2,(H,26,30)(H,27,31)/b14-12+,15-13+. The number of rotatable bonds is 9. The Bertz CT molecular complexity index is 1330. The molecule has 10 nitrogen and oxygen atoms in total. The lowest BCUT2D eigenvalue weighted by molar-refractivity contribution is -0.385. The molecule has 0 fully saturated rings. The van der Waals surface area contributed by atoms with Gasteiger partial charge >= 0.3 is 0 Å². The van der Waals surface area contributed by atoms with Crippen molar-refractivity contribution in [2.75, 3.05) is 5.32 Å². The predicted octanol–water partition coefficient (Wildman–Crippen LogP) is 4.48. The Balaban J connectivity index is 1.58. The van der Waals surface area contributed by atoms with Crippen LogP contribution in [0.1, 0.15) is 16.7 Å². The lowest BCUT2D eigenvalue weighted by atomic mass is 10.1. The summed E-state index contributed by atoms with van der Waals surface area (Å²) >= 11 is 0. The quantitative estimate of drug-likeness (QED) is 0.267. The molecule has 2 amide bonds. The van der Waals surface area contributed by atoms with Gasteiger partial charge in [-0.1, -0.05) is 36.4 Å². The molecule has 0 spiro atoms. The number of nitrogens with one attached hydrogen (secondary N) is 2. The van der Waals surface area contributed by atoms with Gasteiger partial charge in [-0.05, 0) is 42.0 Å². The minimum absolute atomic E-state index is 0.101. The summed E-state index contributed by atoms with van der Waals surface area (Å²) in [6, 6.07) is 18.9. The monoisotopic (exact) mass is 472 g/mol. The van der Waals surface area contributed by atoms with Crippen LogP contribution in [0.4, 0.5) is 17.1 Å². The van der Waals surface area contributed by atoms with Gasteiger partial charge in [-0.3, -0.25) is 29.8 Å². The van der Waals surface area contributed by atoms with Crippen molar-refractivity contribution in [2.45, 2.75) is 6.54 Å². The number of benzene rings is 3. The highest BCUT2D eigenvalue weighted by molar-refractivity contribution is 6.02. The van der Waals surface area contributed by atoms with Gasteiger partial charge < -0.3 is 10.6 Å². The van der Waals surface area contributed by atoms with Gasteiger partial charge in [0.2, 0.25) is 11.8 Å². The lowest BCUT2D eigenvalue weighted by Crippen LogP contribution is -2.20. The number of carbonyl (C=O) groups is 2. The van der Waals surface area contributed by atoms with Crippen molar-refractivity contribution in [2.24, 2.45) is 0 Å². The Kier molecular flexibility index (Phi) is 8.17. The Morgan fingerprint density at radius 2 is 1.29 bits per heavy atom. The van der Waals surface area contributed by atoms with Gasteiger partial charge in [0.1, 0.15) is 0 Å². The van der Waals surface area contributed by atoms with Crippen molar-refractivity contribution in [3.8, 4) is 0 Å². The van der Waals surface area contributed by atoms with E-state index in [9.17, 15) is 29.8 Å². The van der Waals surface area contributed by atoms with E-state index in [2.05, 4.69) is 10.6 Å². The molecule has 3 aromatic rings. The number of hydrogen-bond acceptors (Lipinski definition) is 6. The normalized spacial score (nSPS) is 10.9. The predicted molar refractivity (Wildman–Crippen MR) is 131 cm³/mol. The molecule has 176 valence electrons. The van der Waals surface area contributed by atoms with E-state index in [1.807, 2.05) is 0 Å². The van der Waals surface area contributed by atoms with E-state index in [0.717, 1.165) is 0 Å². The third-order valence-corrected chi connectivity index (χ3v) is 4.76. The van der Waals surface area contributed by atoms with Crippen molar-refractivity contribution < 1.29 is 19.4 Å². The molecule has 35 heavy (non-hydrogen) atoms. The third-order valence-electron chi connectivity index (χ3n) is 4.76. The number of para-hydroxylation sites is 2. The van der Waals surface area contributed by atoms with Gasteiger partial charge in [0, 0.05) is 36.5 Å². The summed E-state index contributed by atoms with van der Waals surface area (Å²) < 4.78 is 0. The van der Waals surface area contributed by atoms with Crippen LogP contribution in [0.5, 0.6) is 0 Å². The molecule has 0 aliphatic heterocycles. The summed E-state index contributed by atoms with van der Waals surface area (Å²) in [7, 11) is 0. The molecule has 0 unspecified atom stereocenters. The number of carbonyl (C=O) groups excluding carboxylic acids is 2. The Morgan fingerprint density at radius 1 is 0.743 bits per heavy atom. The zero-order valence-corrected chi connectivity index (χ0v) is 18.3. The molecule has 2 N–H and O–H groups in total. The van der Waals surface area contributed by atoms with Crippen LogP contribution in [0, 0.1) is 20.2 Å². The van der Waals surface area contributed by atoms with Gasteiger partial charge in [0.15, 0.2) is 0 Å². The van der Waals surface area contributed by atoms with Crippen LogP contribution in [0.3, 0.4) is 0 Å². The average molecular weight is 472 g/mol. The van der Waals surface area contributed by atoms with Crippen LogP contribution in [0.2, 0.25) is 0 Å². The van der Waals surface area contributed by atoms with E-state index in [-0.39, 0.29) is 17.9 Å². The molecule has 0 aliphatic rings. The fourth-order valence-electron chi connectivity index (χ4n) is 3.11. The summed E-state index contributed by atoms with van der Waals surface area (Å²) in [6.45, 7) is 0.163. The van der Waals surface area contributed by atoms with Crippen LogP contribution in [0.25, 0.3) is 12.2 Å².